The molecule has 8 aromatic rings. The summed E-state index contributed by atoms with van der Waals surface area (Å²) in [6.07, 6.45) is -1.50. The van der Waals surface area contributed by atoms with E-state index in [0.717, 1.165) is 18.0 Å². The molecule has 0 aliphatic rings. The molecule has 13 nitrogen and oxygen atoms in total. The van der Waals surface area contributed by atoms with E-state index in [9.17, 15) is 26.3 Å². The maximum atomic E-state index is 13.7. The molecule has 0 unspecified atom stereocenters. The molecule has 2 aromatic carbocycles. The fourth-order valence-corrected chi connectivity index (χ4v) is 7.10. The van der Waals surface area contributed by atoms with Crippen LogP contribution >= 0.6 is 34.3 Å². The lowest BCUT2D eigenvalue weighted by molar-refractivity contribution is -0.138. The van der Waals surface area contributed by atoms with E-state index >= 15 is 0 Å². The third-order valence-corrected chi connectivity index (χ3v) is 10.3. The van der Waals surface area contributed by atoms with E-state index in [0.29, 0.717) is 43.6 Å². The van der Waals surface area contributed by atoms with Gasteiger partial charge in [0.15, 0.2) is 23.3 Å². The quantitative estimate of drug-likeness (QED) is 0.0909. The van der Waals surface area contributed by atoms with Crippen molar-refractivity contribution in [3.63, 3.8) is 0 Å². The number of aromatic nitrogens is 8. The van der Waals surface area contributed by atoms with Crippen molar-refractivity contribution in [2.75, 3.05) is 28.4 Å². The van der Waals surface area contributed by atoms with Gasteiger partial charge in [0.2, 0.25) is 0 Å². The number of anilines is 8. The SMILES string of the molecule is COc1ccc(C)cc1Nc1cc(Nc2ncsc2-c2ncccn2)c(C(F)(F)F)cn1.FC(F)(F)c1cnc(Nc2ccccc2Cl)cc1Nc1ncsc1-c1ncccn1. The molecule has 22 heteroatoms. The second-order valence-electron chi connectivity index (χ2n) is 12.6. The van der Waals surface area contributed by atoms with Gasteiger partial charge < -0.3 is 26.0 Å². The number of pyridine rings is 2. The first-order valence-electron chi connectivity index (χ1n) is 17.8. The lowest BCUT2D eigenvalue weighted by atomic mass is 10.2. The van der Waals surface area contributed by atoms with E-state index in [-0.39, 0.29) is 34.6 Å². The standard InChI is InChI=1S/C21H17F3N6OS.C19H12ClF3N6S/c1-12-4-5-16(31-2)15(8-12)29-17-9-14(13(10-27-17)21(22,23)24)30-20-18(32-11-28-20)19-25-6-3-7-26-19;20-12-4-1-2-5-13(12)28-15-8-14(11(9-26-15)19(21,22)23)29-18-16(30-10-27-18)17-24-6-3-7-25-17/h3-11H,1-2H3,(H2,27,29,30);1-10H,(H2,26,28,29). The third kappa shape index (κ3) is 10.5. The highest BCUT2D eigenvalue weighted by atomic mass is 35.5. The Labute approximate surface area is 361 Å². The van der Waals surface area contributed by atoms with Gasteiger partial charge in [0.1, 0.15) is 27.1 Å². The van der Waals surface area contributed by atoms with Crippen LogP contribution in [0.1, 0.15) is 16.7 Å². The van der Waals surface area contributed by atoms with Gasteiger partial charge in [-0.25, -0.2) is 39.9 Å². The number of para-hydroxylation sites is 1. The highest BCUT2D eigenvalue weighted by Crippen LogP contribution is 2.41. The summed E-state index contributed by atoms with van der Waals surface area (Å²) in [6, 6.07) is 18.1. The molecular weight excluding hydrogens is 878 g/mol. The first-order chi connectivity index (χ1) is 29.8. The van der Waals surface area contributed by atoms with Crippen LogP contribution in [0.5, 0.6) is 5.75 Å². The number of ether oxygens (including phenoxy) is 1. The summed E-state index contributed by atoms with van der Waals surface area (Å²) in [6.45, 7) is 1.90. The van der Waals surface area contributed by atoms with E-state index in [2.05, 4.69) is 61.1 Å². The van der Waals surface area contributed by atoms with Crippen LogP contribution in [0.2, 0.25) is 5.02 Å². The number of hydrogen-bond donors (Lipinski definition) is 4. The lowest BCUT2D eigenvalue weighted by Gasteiger charge is -2.16. The number of alkyl halides is 6. The Balaban J connectivity index is 0.000000187. The molecule has 0 aliphatic heterocycles. The summed E-state index contributed by atoms with van der Waals surface area (Å²) in [5.74, 6) is 2.09. The molecule has 6 heterocycles. The molecule has 4 N–H and O–H groups in total. The minimum atomic E-state index is -4.62. The van der Waals surface area contributed by atoms with Crippen LogP contribution < -0.4 is 26.0 Å². The Bertz CT molecular complexity index is 2780. The van der Waals surface area contributed by atoms with Crippen molar-refractivity contribution in [1.29, 1.82) is 0 Å². The smallest absolute Gasteiger partial charge is 0.419 e. The lowest BCUT2D eigenvalue weighted by Crippen LogP contribution is -2.11. The Hall–Kier alpha value is -6.97. The van der Waals surface area contributed by atoms with Crippen molar-refractivity contribution < 1.29 is 31.1 Å². The predicted octanol–water partition coefficient (Wildman–Crippen LogP) is 12.0. The average molecular weight is 907 g/mol. The van der Waals surface area contributed by atoms with Crippen LogP contribution in [0.25, 0.3) is 21.4 Å². The second-order valence-corrected chi connectivity index (χ2v) is 14.7. The summed E-state index contributed by atoms with van der Waals surface area (Å²) in [7, 11) is 1.51. The zero-order chi connectivity index (χ0) is 43.9. The minimum absolute atomic E-state index is 0.186. The van der Waals surface area contributed by atoms with Crippen molar-refractivity contribution in [2.24, 2.45) is 0 Å². The normalized spacial score (nSPS) is 11.3. The van der Waals surface area contributed by atoms with E-state index in [4.69, 9.17) is 16.3 Å². The molecule has 0 amide bonds. The van der Waals surface area contributed by atoms with Crippen LogP contribution in [-0.4, -0.2) is 47.0 Å². The van der Waals surface area contributed by atoms with Crippen molar-refractivity contribution in [3.8, 4) is 27.2 Å². The molecule has 0 spiro atoms. The predicted molar refractivity (Wildman–Crippen MR) is 227 cm³/mol. The zero-order valence-corrected chi connectivity index (χ0v) is 34.3. The highest BCUT2D eigenvalue weighted by Gasteiger charge is 2.36. The number of methoxy groups -OCH3 is 1. The van der Waals surface area contributed by atoms with Gasteiger partial charge in [-0.2, -0.15) is 26.3 Å². The van der Waals surface area contributed by atoms with Gasteiger partial charge in [-0.1, -0.05) is 29.8 Å². The molecule has 0 saturated heterocycles. The average Bonchev–Trinajstić information content (AvgIpc) is 3.92. The number of aryl methyl sites for hydroxylation is 1. The number of rotatable bonds is 11. The highest BCUT2D eigenvalue weighted by molar-refractivity contribution is 7.14. The number of benzene rings is 2. The van der Waals surface area contributed by atoms with Gasteiger partial charge in [0, 0.05) is 49.3 Å². The van der Waals surface area contributed by atoms with Crippen LogP contribution in [-0.2, 0) is 12.4 Å². The van der Waals surface area contributed by atoms with Crippen LogP contribution in [0, 0.1) is 6.92 Å². The fourth-order valence-electron chi connectivity index (χ4n) is 5.54. The van der Waals surface area contributed by atoms with Gasteiger partial charge in [-0.05, 0) is 48.9 Å². The van der Waals surface area contributed by atoms with Crippen molar-refractivity contribution in [3.05, 3.63) is 137 Å². The molecule has 0 aliphatic carbocycles. The van der Waals surface area contributed by atoms with Crippen LogP contribution in [0.3, 0.4) is 0 Å². The van der Waals surface area contributed by atoms with Gasteiger partial charge in [-0.15, -0.1) is 22.7 Å². The Kier molecular flexibility index (Phi) is 13.0. The Morgan fingerprint density at radius 1 is 0.548 bits per heavy atom. The number of thiazole rings is 2. The molecule has 0 saturated carbocycles. The molecular formula is C40H29ClF6N12OS2. The second kappa shape index (κ2) is 18.7. The molecule has 0 radical (unpaired) electrons. The summed E-state index contributed by atoms with van der Waals surface area (Å²) < 4.78 is 87.0. The summed E-state index contributed by atoms with van der Waals surface area (Å²) >= 11 is 8.55. The maximum absolute atomic E-state index is 13.7. The molecule has 0 atom stereocenters. The first kappa shape index (κ1) is 43.1. The summed E-state index contributed by atoms with van der Waals surface area (Å²) in [4.78, 5) is 33.7. The molecule has 8 rings (SSSR count). The molecule has 0 bridgehead atoms. The van der Waals surface area contributed by atoms with Gasteiger partial charge >= 0.3 is 12.4 Å². The largest absolute Gasteiger partial charge is 0.495 e. The monoisotopic (exact) mass is 906 g/mol. The van der Waals surface area contributed by atoms with Gasteiger partial charge in [0.05, 0.1) is 57.0 Å². The van der Waals surface area contributed by atoms with Gasteiger partial charge in [0.25, 0.3) is 0 Å². The minimum Gasteiger partial charge on any atom is -0.495 e. The van der Waals surface area contributed by atoms with Gasteiger partial charge in [-0.3, -0.25) is 0 Å². The van der Waals surface area contributed by atoms with Crippen LogP contribution in [0.15, 0.2) is 115 Å². The number of nitrogens with one attached hydrogen (secondary N) is 4. The van der Waals surface area contributed by atoms with Crippen molar-refractivity contribution >= 4 is 80.3 Å². The molecule has 316 valence electrons. The number of hydrogen-bond acceptors (Lipinski definition) is 15. The van der Waals surface area contributed by atoms with E-state index in [1.54, 1.807) is 67.3 Å². The third-order valence-electron chi connectivity index (χ3n) is 8.35. The van der Waals surface area contributed by atoms with E-state index < -0.39 is 23.5 Å². The van der Waals surface area contributed by atoms with E-state index in [1.165, 1.54) is 52.9 Å². The molecule has 0 fully saturated rings. The Morgan fingerprint density at radius 3 is 1.50 bits per heavy atom. The molecule has 62 heavy (non-hydrogen) atoms. The first-order valence-corrected chi connectivity index (χ1v) is 19.9. The molecule has 6 aromatic heterocycles. The number of nitrogens with zero attached hydrogens (tertiary/aromatic N) is 8. The van der Waals surface area contributed by atoms with Crippen molar-refractivity contribution in [1.82, 2.24) is 39.9 Å². The Morgan fingerprint density at radius 2 is 1.03 bits per heavy atom. The number of halogens is 7. The van der Waals surface area contributed by atoms with Crippen LogP contribution in [0.4, 0.5) is 72.4 Å². The topological polar surface area (TPSA) is 160 Å². The summed E-state index contributed by atoms with van der Waals surface area (Å²) in [5.41, 5.74) is 2.80. The zero-order valence-electron chi connectivity index (χ0n) is 31.9. The van der Waals surface area contributed by atoms with E-state index in [1.807, 2.05) is 19.1 Å². The van der Waals surface area contributed by atoms with Crippen molar-refractivity contribution in [2.45, 2.75) is 19.3 Å². The maximum Gasteiger partial charge on any atom is 0.419 e. The summed E-state index contributed by atoms with van der Waals surface area (Å²) in [5, 5.41) is 11.9. The fraction of sp³-hybridized carbons (Fsp3) is 0.100.